The van der Waals surface area contributed by atoms with Crippen LogP contribution in [0.3, 0.4) is 0 Å². The molecule has 0 aliphatic heterocycles. The van der Waals surface area contributed by atoms with E-state index in [1.165, 1.54) is 20.2 Å². The molecular formula is C29H47ClN10O7. The third-order valence-electron chi connectivity index (χ3n) is 6.87. The second-order valence-corrected chi connectivity index (χ2v) is 11.9. The van der Waals surface area contributed by atoms with Gasteiger partial charge in [0.25, 0.3) is 23.6 Å². The number of nitrogens with two attached hydrogens (primary N) is 1. The van der Waals surface area contributed by atoms with E-state index >= 15 is 0 Å². The molecule has 0 aromatic carbocycles. The molecule has 262 valence electrons. The van der Waals surface area contributed by atoms with Gasteiger partial charge in [-0.05, 0) is 38.5 Å². The van der Waals surface area contributed by atoms with E-state index in [2.05, 4.69) is 46.5 Å². The quantitative estimate of drug-likeness (QED) is 0.0950. The number of aliphatic carboxylic acids is 1. The maximum Gasteiger partial charge on any atom is 0.325 e. The van der Waals surface area contributed by atoms with Crippen molar-refractivity contribution in [3.63, 3.8) is 0 Å². The summed E-state index contributed by atoms with van der Waals surface area (Å²) in [6.45, 7) is 11.0. The van der Waals surface area contributed by atoms with Gasteiger partial charge in [-0.2, -0.15) is 0 Å². The average Bonchev–Trinajstić information content (AvgIpc) is 3.66. The smallest absolute Gasteiger partial charge is 0.325 e. The molecule has 2 aromatic heterocycles. The molecule has 0 radical (unpaired) electrons. The van der Waals surface area contributed by atoms with Crippen molar-refractivity contribution < 1.29 is 33.9 Å². The molecule has 2 aromatic rings. The molecule has 2 rings (SSSR count). The number of carboxylic acid groups (broad SMARTS) is 1. The predicted molar refractivity (Wildman–Crippen MR) is 174 cm³/mol. The third-order valence-corrected chi connectivity index (χ3v) is 6.87. The van der Waals surface area contributed by atoms with Crippen molar-refractivity contribution in [1.82, 2.24) is 46.5 Å². The highest BCUT2D eigenvalue weighted by Gasteiger charge is 2.27. The molecule has 18 heteroatoms. The first kappa shape index (κ1) is 40.7. The van der Waals surface area contributed by atoms with Gasteiger partial charge in [0.15, 0.2) is 17.2 Å². The molecule has 4 atom stereocenters. The number of aromatic amines is 2. The first-order valence-electron chi connectivity index (χ1n) is 15.1. The minimum atomic E-state index is -1.24. The van der Waals surface area contributed by atoms with Crippen LogP contribution in [0.4, 0.5) is 0 Å². The topological polar surface area (TPSA) is 266 Å². The number of carbonyl (C=O) groups is 6. The van der Waals surface area contributed by atoms with Crippen LogP contribution in [0.25, 0.3) is 0 Å². The third kappa shape index (κ3) is 12.8. The largest absolute Gasteiger partial charge is 0.480 e. The Morgan fingerprint density at radius 1 is 0.723 bits per heavy atom. The van der Waals surface area contributed by atoms with Crippen molar-refractivity contribution in [3.05, 3.63) is 35.4 Å². The van der Waals surface area contributed by atoms with Gasteiger partial charge in [-0.3, -0.25) is 28.8 Å². The number of halogens is 1. The molecule has 0 aliphatic carbocycles. The lowest BCUT2D eigenvalue weighted by atomic mass is 10.0. The van der Waals surface area contributed by atoms with E-state index in [9.17, 15) is 28.8 Å². The fourth-order valence-corrected chi connectivity index (χ4v) is 4.53. The summed E-state index contributed by atoms with van der Waals surface area (Å²) in [5.74, 6) is -3.83. The number of rotatable bonds is 19. The Bertz CT molecular complexity index is 1380. The van der Waals surface area contributed by atoms with Gasteiger partial charge in [-0.1, -0.05) is 27.7 Å². The molecule has 0 aliphatic rings. The second kappa shape index (κ2) is 19.3. The van der Waals surface area contributed by atoms with Gasteiger partial charge in [-0.15, -0.1) is 12.4 Å². The summed E-state index contributed by atoms with van der Waals surface area (Å²) in [5, 5.41) is 22.5. The van der Waals surface area contributed by atoms with Crippen LogP contribution in [0.1, 0.15) is 96.3 Å². The normalized spacial score (nSPS) is 13.6. The van der Waals surface area contributed by atoms with Crippen LogP contribution in [0, 0.1) is 11.8 Å². The first-order valence-corrected chi connectivity index (χ1v) is 15.1. The van der Waals surface area contributed by atoms with Crippen LogP contribution in [-0.2, 0) is 9.59 Å². The van der Waals surface area contributed by atoms with Crippen LogP contribution in [-0.4, -0.2) is 104 Å². The highest BCUT2D eigenvalue weighted by Crippen LogP contribution is 2.10. The molecule has 0 saturated carbocycles. The van der Waals surface area contributed by atoms with Crippen LogP contribution in [0.2, 0.25) is 0 Å². The van der Waals surface area contributed by atoms with Crippen molar-refractivity contribution >= 4 is 47.8 Å². The number of hydrogen-bond donors (Lipinski definition) is 9. The molecular weight excluding hydrogens is 636 g/mol. The minimum absolute atomic E-state index is 0. The van der Waals surface area contributed by atoms with Gasteiger partial charge in [0.2, 0.25) is 0 Å². The number of amides is 4. The zero-order valence-electron chi connectivity index (χ0n) is 27.4. The Morgan fingerprint density at radius 2 is 1.17 bits per heavy atom. The average molecular weight is 683 g/mol. The first-order chi connectivity index (χ1) is 21.6. The summed E-state index contributed by atoms with van der Waals surface area (Å²) in [7, 11) is 0. The van der Waals surface area contributed by atoms with Crippen molar-refractivity contribution in [2.75, 3.05) is 19.6 Å². The lowest BCUT2D eigenvalue weighted by molar-refractivity contribution is -0.138. The van der Waals surface area contributed by atoms with Gasteiger partial charge < -0.3 is 47.4 Å². The van der Waals surface area contributed by atoms with Crippen LogP contribution < -0.4 is 32.3 Å². The zero-order valence-corrected chi connectivity index (χ0v) is 28.2. The number of carboxylic acids is 1. The maximum atomic E-state index is 13.0. The van der Waals surface area contributed by atoms with Crippen molar-refractivity contribution in [2.45, 2.75) is 78.6 Å². The van der Waals surface area contributed by atoms with Gasteiger partial charge >= 0.3 is 5.97 Å². The monoisotopic (exact) mass is 682 g/mol. The van der Waals surface area contributed by atoms with E-state index < -0.39 is 47.7 Å². The van der Waals surface area contributed by atoms with Crippen LogP contribution >= 0.6 is 12.4 Å². The fraction of sp³-hybridized carbons (Fsp3) is 0.586. The number of Topliss-reactive ketones (excluding diaryl/α,β-unsaturated/α-hetero) is 1. The highest BCUT2D eigenvalue weighted by molar-refractivity contribution is 6.06. The van der Waals surface area contributed by atoms with E-state index in [0.29, 0.717) is 18.8 Å². The number of hydrogen-bond acceptors (Lipinski definition) is 10. The minimum Gasteiger partial charge on any atom is -0.480 e. The number of imidazole rings is 2. The molecule has 0 spiro atoms. The standard InChI is InChI=1S/C29H46N10O7.ClH/c1-14(2)7-18(9-30)38-27(43)23-21(32-12-34-23)25(41)36-16(5)20(40)11-31-10-19(8-15(3)4)39-28(44)24-22(33-13-35-24)26(42)37-17(6)29(45)46;/h12-19,31H,7-11,30H2,1-6H3,(H,32,34)(H,33,35)(H,36,41)(H,37,42)(H,38,43)(H,39,44)(H,45,46);1H/t16-,17-,18-,19-;/m0./s1. The van der Waals surface area contributed by atoms with Gasteiger partial charge in [0, 0.05) is 25.2 Å². The van der Waals surface area contributed by atoms with Crippen molar-refractivity contribution in [1.29, 1.82) is 0 Å². The number of nitrogens with zero attached hydrogens (tertiary/aromatic N) is 2. The van der Waals surface area contributed by atoms with Crippen LogP contribution in [0.5, 0.6) is 0 Å². The number of ketones is 1. The Balaban J connectivity index is 0.0000110. The fourth-order valence-electron chi connectivity index (χ4n) is 4.53. The highest BCUT2D eigenvalue weighted by atomic mass is 35.5. The predicted octanol–water partition coefficient (Wildman–Crippen LogP) is -0.0176. The van der Waals surface area contributed by atoms with E-state index in [1.54, 1.807) is 0 Å². The lowest BCUT2D eigenvalue weighted by Gasteiger charge is -2.21. The molecule has 0 unspecified atom stereocenters. The molecule has 10 N–H and O–H groups in total. The second-order valence-electron chi connectivity index (χ2n) is 11.9. The van der Waals surface area contributed by atoms with Crippen molar-refractivity contribution in [3.8, 4) is 0 Å². The van der Waals surface area contributed by atoms with Crippen molar-refractivity contribution in [2.24, 2.45) is 17.6 Å². The Labute approximate surface area is 279 Å². The molecule has 2 heterocycles. The molecule has 47 heavy (non-hydrogen) atoms. The SMILES string of the molecule is CC(C)C[C@@H](CNCC(=O)[C@H](C)NC(=O)c1[nH]cnc1C(=O)N[C@H](CN)CC(C)C)NC(=O)c1nc[nH]c1C(=O)N[C@@H](C)C(=O)O.Cl. The van der Waals surface area contributed by atoms with E-state index in [1.807, 2.05) is 27.7 Å². The van der Waals surface area contributed by atoms with E-state index in [-0.39, 0.29) is 72.6 Å². The molecule has 0 bridgehead atoms. The zero-order chi connectivity index (χ0) is 34.6. The lowest BCUT2D eigenvalue weighted by Crippen LogP contribution is -2.47. The molecule has 17 nitrogen and oxygen atoms in total. The summed E-state index contributed by atoms with van der Waals surface area (Å²) in [4.78, 5) is 88.2. The van der Waals surface area contributed by atoms with Gasteiger partial charge in [0.05, 0.1) is 25.2 Å². The Morgan fingerprint density at radius 3 is 1.62 bits per heavy atom. The van der Waals surface area contributed by atoms with E-state index in [4.69, 9.17) is 10.8 Å². The summed E-state index contributed by atoms with van der Waals surface area (Å²) in [6, 6.07) is -2.85. The molecule has 0 fully saturated rings. The van der Waals surface area contributed by atoms with Gasteiger partial charge in [0.1, 0.15) is 17.4 Å². The number of aromatic nitrogens is 4. The summed E-state index contributed by atoms with van der Waals surface area (Å²) < 4.78 is 0. The van der Waals surface area contributed by atoms with E-state index in [0.717, 1.165) is 6.33 Å². The number of carbonyl (C=O) groups excluding carboxylic acids is 5. The Kier molecular flexibility index (Phi) is 16.7. The van der Waals surface area contributed by atoms with Gasteiger partial charge in [-0.25, -0.2) is 9.97 Å². The summed E-state index contributed by atoms with van der Waals surface area (Å²) >= 11 is 0. The Hall–Kier alpha value is -4.35. The molecule has 0 saturated heterocycles. The molecule has 4 amide bonds. The number of H-pyrrole nitrogens is 2. The maximum absolute atomic E-state index is 13.0. The number of nitrogens with one attached hydrogen (secondary N) is 7. The summed E-state index contributed by atoms with van der Waals surface area (Å²) in [5.41, 5.74) is 5.17. The summed E-state index contributed by atoms with van der Waals surface area (Å²) in [6.07, 6.45) is 3.55. The van der Waals surface area contributed by atoms with Crippen LogP contribution in [0.15, 0.2) is 12.7 Å².